The topological polar surface area (TPSA) is 101 Å². The molecular formula is C22H33N6O2+. The highest BCUT2D eigenvalue weighted by molar-refractivity contribution is 5.81. The summed E-state index contributed by atoms with van der Waals surface area (Å²) in [5.41, 5.74) is 2.35. The predicted molar refractivity (Wildman–Crippen MR) is 116 cm³/mol. The van der Waals surface area contributed by atoms with Crippen molar-refractivity contribution in [3.63, 3.8) is 0 Å². The van der Waals surface area contributed by atoms with Gasteiger partial charge < -0.3 is 15.0 Å². The number of pyridine rings is 1. The fourth-order valence-electron chi connectivity index (χ4n) is 4.04. The van der Waals surface area contributed by atoms with Gasteiger partial charge in [-0.3, -0.25) is 4.79 Å². The summed E-state index contributed by atoms with van der Waals surface area (Å²) in [6.45, 7) is 11.7. The van der Waals surface area contributed by atoms with E-state index in [9.17, 15) is 9.90 Å². The monoisotopic (exact) mass is 413 g/mol. The molecule has 0 aliphatic heterocycles. The molecule has 8 heteroatoms. The van der Waals surface area contributed by atoms with Crippen LogP contribution in [0.3, 0.4) is 0 Å². The number of H-pyrrole nitrogens is 1. The maximum absolute atomic E-state index is 12.9. The molecule has 0 bridgehead atoms. The molecule has 2 atom stereocenters. The Morgan fingerprint density at radius 3 is 2.73 bits per heavy atom. The third kappa shape index (κ3) is 4.60. The molecule has 2 aromatic heterocycles. The first-order valence-electron chi connectivity index (χ1n) is 10.6. The minimum absolute atomic E-state index is 0.0124. The lowest BCUT2D eigenvalue weighted by Crippen LogP contribution is -3.11. The maximum Gasteiger partial charge on any atom is 0.257 e. The van der Waals surface area contributed by atoms with Crippen LogP contribution in [0, 0.1) is 6.92 Å². The molecular weight excluding hydrogens is 380 g/mol. The van der Waals surface area contributed by atoms with Crippen molar-refractivity contribution in [3.05, 3.63) is 51.6 Å². The van der Waals surface area contributed by atoms with Gasteiger partial charge in [0.25, 0.3) is 5.56 Å². The van der Waals surface area contributed by atoms with Crippen molar-refractivity contribution in [1.29, 1.82) is 0 Å². The molecule has 0 amide bonds. The average molecular weight is 414 g/mol. The molecule has 3 rings (SSSR count). The SMILES string of the molecule is CC[C@H](c1nnnn1C(C)(C)C)[NH+](CCCO)Cc1cc2cccc(C)c2[nH]c1=O. The number of aromatic nitrogens is 5. The van der Waals surface area contributed by atoms with Crippen molar-refractivity contribution in [3.8, 4) is 0 Å². The normalized spacial score (nSPS) is 14.2. The van der Waals surface area contributed by atoms with Gasteiger partial charge in [0, 0.05) is 19.4 Å². The van der Waals surface area contributed by atoms with Crippen LogP contribution in [0.2, 0.25) is 0 Å². The zero-order valence-corrected chi connectivity index (χ0v) is 18.6. The number of aliphatic hydroxyl groups is 1. The smallest absolute Gasteiger partial charge is 0.257 e. The summed E-state index contributed by atoms with van der Waals surface area (Å²) < 4.78 is 1.87. The van der Waals surface area contributed by atoms with Gasteiger partial charge in [0.1, 0.15) is 12.6 Å². The van der Waals surface area contributed by atoms with E-state index in [4.69, 9.17) is 0 Å². The van der Waals surface area contributed by atoms with Gasteiger partial charge in [-0.25, -0.2) is 4.68 Å². The number of nitrogens with one attached hydrogen (secondary N) is 2. The fraction of sp³-hybridized carbons (Fsp3) is 0.545. The minimum Gasteiger partial charge on any atom is -0.396 e. The molecule has 3 aromatic rings. The van der Waals surface area contributed by atoms with Crippen molar-refractivity contribution in [2.45, 2.75) is 65.6 Å². The lowest BCUT2D eigenvalue weighted by molar-refractivity contribution is -0.946. The Morgan fingerprint density at radius 1 is 1.30 bits per heavy atom. The number of aryl methyl sites for hydroxylation is 1. The highest BCUT2D eigenvalue weighted by Crippen LogP contribution is 2.19. The molecule has 3 N–H and O–H groups in total. The Bertz CT molecular complexity index is 1050. The number of hydrogen-bond acceptors (Lipinski definition) is 5. The Labute approximate surface area is 176 Å². The minimum atomic E-state index is -0.244. The van der Waals surface area contributed by atoms with Gasteiger partial charge >= 0.3 is 0 Å². The summed E-state index contributed by atoms with van der Waals surface area (Å²) in [6.07, 6.45) is 1.47. The largest absolute Gasteiger partial charge is 0.396 e. The molecule has 0 aliphatic rings. The number of hydrogen-bond donors (Lipinski definition) is 3. The molecule has 0 saturated carbocycles. The lowest BCUT2D eigenvalue weighted by atomic mass is 10.1. The molecule has 0 saturated heterocycles. The van der Waals surface area contributed by atoms with E-state index in [2.05, 4.69) is 48.2 Å². The number of nitrogens with zero attached hydrogens (tertiary/aromatic N) is 4. The van der Waals surface area contributed by atoms with Gasteiger partial charge in [-0.2, -0.15) is 0 Å². The summed E-state index contributed by atoms with van der Waals surface area (Å²) in [7, 11) is 0. The van der Waals surface area contributed by atoms with E-state index < -0.39 is 0 Å². The van der Waals surface area contributed by atoms with Crippen molar-refractivity contribution >= 4 is 10.9 Å². The Kier molecular flexibility index (Phi) is 6.67. The van der Waals surface area contributed by atoms with Gasteiger partial charge in [0.15, 0.2) is 0 Å². The number of quaternary nitrogens is 1. The zero-order valence-electron chi connectivity index (χ0n) is 18.6. The summed E-state index contributed by atoms with van der Waals surface area (Å²) in [5, 5.41) is 23.0. The van der Waals surface area contributed by atoms with Crippen LogP contribution in [-0.2, 0) is 12.1 Å². The van der Waals surface area contributed by atoms with Crippen molar-refractivity contribution in [2.24, 2.45) is 0 Å². The van der Waals surface area contributed by atoms with Gasteiger partial charge in [0.2, 0.25) is 5.82 Å². The van der Waals surface area contributed by atoms with Gasteiger partial charge in [-0.05, 0) is 55.1 Å². The highest BCUT2D eigenvalue weighted by atomic mass is 16.3. The molecule has 2 heterocycles. The van der Waals surface area contributed by atoms with Crippen LogP contribution in [0.25, 0.3) is 10.9 Å². The fourth-order valence-corrected chi connectivity index (χ4v) is 4.04. The first-order chi connectivity index (χ1) is 14.3. The van der Waals surface area contributed by atoms with Gasteiger partial charge in [-0.15, -0.1) is 5.10 Å². The molecule has 1 unspecified atom stereocenters. The first-order valence-corrected chi connectivity index (χ1v) is 10.6. The van der Waals surface area contributed by atoms with Crippen LogP contribution in [0.15, 0.2) is 29.1 Å². The second kappa shape index (κ2) is 9.06. The van der Waals surface area contributed by atoms with E-state index in [0.29, 0.717) is 13.0 Å². The van der Waals surface area contributed by atoms with Gasteiger partial charge in [0.05, 0.1) is 23.2 Å². The van der Waals surface area contributed by atoms with Crippen LogP contribution in [0.1, 0.15) is 63.5 Å². The number of tetrazole rings is 1. The number of aromatic amines is 1. The van der Waals surface area contributed by atoms with Crippen LogP contribution >= 0.6 is 0 Å². The van der Waals surface area contributed by atoms with Gasteiger partial charge in [-0.1, -0.05) is 25.1 Å². The van der Waals surface area contributed by atoms with Crippen molar-refractivity contribution in [1.82, 2.24) is 25.2 Å². The summed E-state index contributed by atoms with van der Waals surface area (Å²) in [5.74, 6) is 0.811. The predicted octanol–water partition coefficient (Wildman–Crippen LogP) is 1.50. The van der Waals surface area contributed by atoms with E-state index in [1.165, 1.54) is 4.90 Å². The highest BCUT2D eigenvalue weighted by Gasteiger charge is 2.32. The molecule has 162 valence electrons. The van der Waals surface area contributed by atoms with E-state index >= 15 is 0 Å². The zero-order chi connectivity index (χ0) is 21.9. The van der Waals surface area contributed by atoms with E-state index in [-0.39, 0.29) is 23.7 Å². The van der Waals surface area contributed by atoms with E-state index in [1.807, 2.05) is 35.9 Å². The second-order valence-electron chi connectivity index (χ2n) is 8.91. The van der Waals surface area contributed by atoms with Crippen molar-refractivity contribution in [2.75, 3.05) is 13.2 Å². The number of aliphatic hydroxyl groups excluding tert-OH is 1. The molecule has 1 aromatic carbocycles. The third-order valence-electron chi connectivity index (χ3n) is 5.58. The molecule has 8 nitrogen and oxygen atoms in total. The number of rotatable bonds is 8. The van der Waals surface area contributed by atoms with E-state index in [1.54, 1.807) is 0 Å². The Balaban J connectivity index is 2.00. The number of fused-ring (bicyclic) bond motifs is 1. The van der Waals surface area contributed by atoms with Crippen LogP contribution in [0.4, 0.5) is 0 Å². The summed E-state index contributed by atoms with van der Waals surface area (Å²) in [4.78, 5) is 17.1. The second-order valence-corrected chi connectivity index (χ2v) is 8.91. The average Bonchev–Trinajstić information content (AvgIpc) is 3.18. The molecule has 30 heavy (non-hydrogen) atoms. The van der Waals surface area contributed by atoms with Crippen LogP contribution in [-0.4, -0.2) is 43.4 Å². The summed E-state index contributed by atoms with van der Waals surface area (Å²) >= 11 is 0. The van der Waals surface area contributed by atoms with Crippen molar-refractivity contribution < 1.29 is 10.0 Å². The molecule has 0 fully saturated rings. The van der Waals surface area contributed by atoms with Crippen LogP contribution in [0.5, 0.6) is 0 Å². The standard InChI is InChI=1S/C22H32N6O2/c1-6-18(20-24-25-26-28(20)22(3,4)5)27(11-8-12-29)14-17-13-16-10-7-9-15(2)19(16)23-21(17)30/h7,9-10,13,18,29H,6,8,11-12,14H2,1-5H3,(H,23,30)/p+1/t18-/m1/s1. The molecule has 0 spiro atoms. The summed E-state index contributed by atoms with van der Waals surface area (Å²) in [6, 6.07) is 8.02. The lowest BCUT2D eigenvalue weighted by Gasteiger charge is -2.29. The number of benzene rings is 1. The Hall–Kier alpha value is -2.58. The number of para-hydroxylation sites is 1. The molecule has 0 aliphatic carbocycles. The third-order valence-corrected chi connectivity index (χ3v) is 5.58. The maximum atomic E-state index is 12.9. The Morgan fingerprint density at radius 2 is 2.07 bits per heavy atom. The molecule has 0 radical (unpaired) electrons. The van der Waals surface area contributed by atoms with Crippen LogP contribution < -0.4 is 10.5 Å². The first kappa shape index (κ1) is 22.1. The quantitative estimate of drug-likeness (QED) is 0.520. The van der Waals surface area contributed by atoms with E-state index in [0.717, 1.165) is 40.8 Å².